The molecule has 0 saturated carbocycles. The number of hydrogen-bond acceptors (Lipinski definition) is 4. The zero-order chi connectivity index (χ0) is 16.2. The fourth-order valence-electron chi connectivity index (χ4n) is 1.81. The van der Waals surface area contributed by atoms with E-state index in [1.807, 2.05) is 0 Å². The molecule has 4 nitrogen and oxygen atoms in total. The molecule has 0 fully saturated rings. The summed E-state index contributed by atoms with van der Waals surface area (Å²) in [6, 6.07) is 12.4. The molecule has 0 saturated heterocycles. The molecule has 2 rings (SSSR count). The Labute approximate surface area is 134 Å². The number of rotatable bonds is 6. The van der Waals surface area contributed by atoms with Gasteiger partial charge < -0.3 is 8.98 Å². The van der Waals surface area contributed by atoms with Crippen LogP contribution in [0.1, 0.15) is 18.9 Å². The van der Waals surface area contributed by atoms with Gasteiger partial charge in [-0.15, -0.1) is 0 Å². The summed E-state index contributed by atoms with van der Waals surface area (Å²) in [5, 5.41) is 0.453. The monoisotopic (exact) mass is 338 g/mol. The summed E-state index contributed by atoms with van der Waals surface area (Å²) in [7, 11) is -3.88. The number of carbonyl (C=O) groups excluding carboxylic acids is 1. The summed E-state index contributed by atoms with van der Waals surface area (Å²) in [5.74, 6) is 0.340. The Morgan fingerprint density at radius 2 is 1.64 bits per heavy atom. The van der Waals surface area contributed by atoms with Gasteiger partial charge in [0.25, 0.3) is 0 Å². The SMILES string of the molecule is CC(=O)CCc1ccc(OS(=O)(=O)c2ccc(Cl)cc2)cc1. The summed E-state index contributed by atoms with van der Waals surface area (Å²) in [6.45, 7) is 1.54. The van der Waals surface area contributed by atoms with Crippen LogP contribution >= 0.6 is 11.6 Å². The van der Waals surface area contributed by atoms with E-state index in [2.05, 4.69) is 0 Å². The van der Waals surface area contributed by atoms with Crippen LogP contribution < -0.4 is 4.18 Å². The van der Waals surface area contributed by atoms with Crippen molar-refractivity contribution in [3.8, 4) is 5.75 Å². The van der Waals surface area contributed by atoms with Crippen molar-refractivity contribution in [1.82, 2.24) is 0 Å². The third kappa shape index (κ3) is 4.58. The number of halogens is 1. The van der Waals surface area contributed by atoms with Gasteiger partial charge in [0, 0.05) is 11.4 Å². The second-order valence-electron chi connectivity index (χ2n) is 4.84. The molecule has 0 radical (unpaired) electrons. The van der Waals surface area contributed by atoms with Crippen LogP contribution in [0.15, 0.2) is 53.4 Å². The Morgan fingerprint density at radius 3 is 2.18 bits per heavy atom. The summed E-state index contributed by atoms with van der Waals surface area (Å²) in [4.78, 5) is 11.0. The van der Waals surface area contributed by atoms with Crippen molar-refractivity contribution in [2.24, 2.45) is 0 Å². The number of hydrogen-bond donors (Lipinski definition) is 0. The summed E-state index contributed by atoms with van der Waals surface area (Å²) in [5.41, 5.74) is 0.950. The molecular formula is C16H15ClO4S. The lowest BCUT2D eigenvalue weighted by atomic mass is 10.1. The van der Waals surface area contributed by atoms with Crippen LogP contribution in [0.25, 0.3) is 0 Å². The molecule has 0 aromatic heterocycles. The highest BCUT2D eigenvalue weighted by Crippen LogP contribution is 2.21. The number of Topliss-reactive ketones (excluding diaryl/α,β-unsaturated/α-hetero) is 1. The smallest absolute Gasteiger partial charge is 0.339 e. The maximum Gasteiger partial charge on any atom is 0.339 e. The van der Waals surface area contributed by atoms with Crippen molar-refractivity contribution in [3.63, 3.8) is 0 Å². The quantitative estimate of drug-likeness (QED) is 0.755. The van der Waals surface area contributed by atoms with Crippen LogP contribution in [0, 0.1) is 0 Å². The number of benzene rings is 2. The third-order valence-electron chi connectivity index (χ3n) is 3.00. The minimum atomic E-state index is -3.88. The fraction of sp³-hybridized carbons (Fsp3) is 0.188. The van der Waals surface area contributed by atoms with Crippen molar-refractivity contribution in [2.45, 2.75) is 24.7 Å². The number of aryl methyl sites for hydroxylation is 1. The van der Waals surface area contributed by atoms with Gasteiger partial charge in [-0.2, -0.15) is 8.42 Å². The molecule has 0 N–H and O–H groups in total. The van der Waals surface area contributed by atoms with E-state index in [0.717, 1.165) is 5.56 Å². The van der Waals surface area contributed by atoms with Gasteiger partial charge in [-0.05, 0) is 55.3 Å². The van der Waals surface area contributed by atoms with Crippen LogP contribution in [0.2, 0.25) is 5.02 Å². The molecule has 0 bridgehead atoms. The molecule has 0 atom stereocenters. The molecular weight excluding hydrogens is 324 g/mol. The number of ketones is 1. The zero-order valence-corrected chi connectivity index (χ0v) is 13.5. The number of carbonyl (C=O) groups is 1. The van der Waals surface area contributed by atoms with Gasteiger partial charge in [-0.25, -0.2) is 0 Å². The van der Waals surface area contributed by atoms with Crippen molar-refractivity contribution in [1.29, 1.82) is 0 Å². The van der Waals surface area contributed by atoms with Crippen LogP contribution in [0.3, 0.4) is 0 Å². The lowest BCUT2D eigenvalue weighted by molar-refractivity contribution is -0.116. The van der Waals surface area contributed by atoms with E-state index in [-0.39, 0.29) is 16.4 Å². The Morgan fingerprint density at radius 1 is 1.05 bits per heavy atom. The van der Waals surface area contributed by atoms with E-state index in [1.165, 1.54) is 31.2 Å². The second kappa shape index (κ2) is 6.94. The predicted octanol–water partition coefficient (Wildman–Crippen LogP) is 3.63. The van der Waals surface area contributed by atoms with Crippen LogP contribution in [-0.4, -0.2) is 14.2 Å². The molecule has 0 aliphatic rings. The molecule has 2 aromatic rings. The minimum Gasteiger partial charge on any atom is -0.379 e. The van der Waals surface area contributed by atoms with Crippen molar-refractivity contribution in [2.75, 3.05) is 0 Å². The van der Waals surface area contributed by atoms with Gasteiger partial charge in [0.2, 0.25) is 0 Å². The van der Waals surface area contributed by atoms with E-state index in [9.17, 15) is 13.2 Å². The summed E-state index contributed by atoms with van der Waals surface area (Å²) >= 11 is 5.73. The molecule has 0 aliphatic heterocycles. The maximum absolute atomic E-state index is 12.1. The molecule has 0 spiro atoms. The first-order chi connectivity index (χ1) is 10.4. The standard InChI is InChI=1S/C16H15ClO4S/c1-12(18)2-3-13-4-8-15(9-5-13)21-22(19,20)16-10-6-14(17)7-11-16/h4-11H,2-3H2,1H3. The van der Waals surface area contributed by atoms with Gasteiger partial charge in [0.1, 0.15) is 16.4 Å². The van der Waals surface area contributed by atoms with Gasteiger partial charge >= 0.3 is 10.1 Å². The van der Waals surface area contributed by atoms with Crippen LogP contribution in [0.4, 0.5) is 0 Å². The van der Waals surface area contributed by atoms with E-state index in [4.69, 9.17) is 15.8 Å². The lowest BCUT2D eigenvalue weighted by Crippen LogP contribution is -2.09. The first kappa shape index (κ1) is 16.5. The Bertz CT molecular complexity index is 750. The first-order valence-corrected chi connectivity index (χ1v) is 8.44. The normalized spacial score (nSPS) is 11.2. The molecule has 0 amide bonds. The van der Waals surface area contributed by atoms with Crippen LogP contribution in [0.5, 0.6) is 5.75 Å². The largest absolute Gasteiger partial charge is 0.379 e. The summed E-state index contributed by atoms with van der Waals surface area (Å²) < 4.78 is 29.3. The molecule has 0 aliphatic carbocycles. The highest BCUT2D eigenvalue weighted by molar-refractivity contribution is 7.87. The van der Waals surface area contributed by atoms with Crippen molar-refractivity contribution in [3.05, 3.63) is 59.1 Å². The molecule has 6 heteroatoms. The average Bonchev–Trinajstić information content (AvgIpc) is 2.46. The van der Waals surface area contributed by atoms with Gasteiger partial charge in [-0.1, -0.05) is 23.7 Å². The highest BCUT2D eigenvalue weighted by atomic mass is 35.5. The Kier molecular flexibility index (Phi) is 5.21. The summed E-state index contributed by atoms with van der Waals surface area (Å²) in [6.07, 6.45) is 1.09. The molecule has 116 valence electrons. The van der Waals surface area contributed by atoms with E-state index in [1.54, 1.807) is 24.3 Å². The van der Waals surface area contributed by atoms with E-state index >= 15 is 0 Å². The second-order valence-corrected chi connectivity index (χ2v) is 6.82. The van der Waals surface area contributed by atoms with Crippen molar-refractivity contribution < 1.29 is 17.4 Å². The fourth-order valence-corrected chi connectivity index (χ4v) is 2.86. The van der Waals surface area contributed by atoms with Crippen LogP contribution in [-0.2, 0) is 21.3 Å². The molecule has 0 heterocycles. The topological polar surface area (TPSA) is 60.4 Å². The average molecular weight is 339 g/mol. The van der Waals surface area contributed by atoms with E-state index < -0.39 is 10.1 Å². The zero-order valence-electron chi connectivity index (χ0n) is 12.0. The van der Waals surface area contributed by atoms with Gasteiger partial charge in [0.05, 0.1) is 0 Å². The Balaban J connectivity index is 2.09. The predicted molar refractivity (Wildman–Crippen MR) is 84.7 cm³/mol. The van der Waals surface area contributed by atoms with Crippen molar-refractivity contribution >= 4 is 27.5 Å². The third-order valence-corrected chi connectivity index (χ3v) is 4.51. The molecule has 0 unspecified atom stereocenters. The molecule has 2 aromatic carbocycles. The van der Waals surface area contributed by atoms with E-state index in [0.29, 0.717) is 17.9 Å². The Hall–Kier alpha value is -1.85. The minimum absolute atomic E-state index is 0.0394. The first-order valence-electron chi connectivity index (χ1n) is 6.65. The van der Waals surface area contributed by atoms with Gasteiger partial charge in [-0.3, -0.25) is 0 Å². The molecule has 22 heavy (non-hydrogen) atoms. The lowest BCUT2D eigenvalue weighted by Gasteiger charge is -2.08. The van der Waals surface area contributed by atoms with Gasteiger partial charge in [0.15, 0.2) is 0 Å². The highest BCUT2D eigenvalue weighted by Gasteiger charge is 2.16. The maximum atomic E-state index is 12.1.